The summed E-state index contributed by atoms with van der Waals surface area (Å²) in [5.41, 5.74) is 0.602. The first-order chi connectivity index (χ1) is 9.61. The number of carbonyl (C=O) groups excluding carboxylic acids is 1. The van der Waals surface area contributed by atoms with Crippen LogP contribution in [-0.4, -0.2) is 58.9 Å². The van der Waals surface area contributed by atoms with Crippen molar-refractivity contribution in [2.24, 2.45) is 0 Å². The van der Waals surface area contributed by atoms with Gasteiger partial charge in [0.05, 0.1) is 5.56 Å². The lowest BCUT2D eigenvalue weighted by Gasteiger charge is -2.23. The summed E-state index contributed by atoms with van der Waals surface area (Å²) in [6, 6.07) is 0.575. The number of likely N-dealkylation sites (tertiary alicyclic amines) is 1. The summed E-state index contributed by atoms with van der Waals surface area (Å²) in [4.78, 5) is 25.1. The number of carbonyl (C=O) groups is 1. The highest BCUT2D eigenvalue weighted by atomic mass is 16.2. The number of rotatable bonds is 3. The highest BCUT2D eigenvalue weighted by molar-refractivity contribution is 5.93. The van der Waals surface area contributed by atoms with Crippen LogP contribution in [0.4, 0.5) is 0 Å². The highest BCUT2D eigenvalue weighted by Crippen LogP contribution is 2.16. The van der Waals surface area contributed by atoms with Gasteiger partial charge in [-0.3, -0.25) is 4.79 Å². The molecule has 2 rings (SSSR count). The molecule has 0 saturated carbocycles. The number of aromatic nitrogens is 2. The molecule has 20 heavy (non-hydrogen) atoms. The van der Waals surface area contributed by atoms with Gasteiger partial charge in [-0.1, -0.05) is 6.92 Å². The first kappa shape index (κ1) is 14.9. The van der Waals surface area contributed by atoms with Gasteiger partial charge in [0.15, 0.2) is 0 Å². The van der Waals surface area contributed by atoms with Gasteiger partial charge in [0.25, 0.3) is 5.91 Å². The second kappa shape index (κ2) is 6.79. The molecule has 1 aromatic rings. The van der Waals surface area contributed by atoms with Gasteiger partial charge in [0.1, 0.15) is 5.82 Å². The first-order valence-electron chi connectivity index (χ1n) is 7.38. The Kier molecular flexibility index (Phi) is 5.06. The van der Waals surface area contributed by atoms with Gasteiger partial charge >= 0.3 is 0 Å². The average molecular weight is 276 g/mol. The minimum absolute atomic E-state index is 0.0621. The van der Waals surface area contributed by atoms with Crippen molar-refractivity contribution in [3.8, 4) is 0 Å². The summed E-state index contributed by atoms with van der Waals surface area (Å²) in [5.74, 6) is 0.845. The summed E-state index contributed by atoms with van der Waals surface area (Å²) < 4.78 is 0. The van der Waals surface area contributed by atoms with Crippen molar-refractivity contribution in [2.75, 3.05) is 27.2 Å². The van der Waals surface area contributed by atoms with E-state index in [0.29, 0.717) is 11.6 Å². The molecule has 0 N–H and O–H groups in total. The molecule has 0 radical (unpaired) electrons. The normalized spacial score (nSPS) is 20.0. The lowest BCUT2D eigenvalue weighted by Crippen LogP contribution is -2.34. The van der Waals surface area contributed by atoms with E-state index in [1.807, 2.05) is 11.8 Å². The molecule has 0 aliphatic carbocycles. The molecule has 0 bridgehead atoms. The van der Waals surface area contributed by atoms with Crippen molar-refractivity contribution < 1.29 is 4.79 Å². The zero-order chi connectivity index (χ0) is 14.5. The summed E-state index contributed by atoms with van der Waals surface area (Å²) in [5, 5.41) is 0. The molecule has 110 valence electrons. The minimum atomic E-state index is 0.0621. The molecule has 0 spiro atoms. The molecule has 1 amide bonds. The zero-order valence-electron chi connectivity index (χ0n) is 12.7. The number of nitrogens with zero attached hydrogens (tertiary/aromatic N) is 4. The van der Waals surface area contributed by atoms with Crippen molar-refractivity contribution >= 4 is 5.91 Å². The quantitative estimate of drug-likeness (QED) is 0.841. The van der Waals surface area contributed by atoms with Crippen LogP contribution in [0.3, 0.4) is 0 Å². The highest BCUT2D eigenvalue weighted by Gasteiger charge is 2.22. The fraction of sp³-hybridized carbons (Fsp3) is 0.667. The molecule has 0 aromatic carbocycles. The van der Waals surface area contributed by atoms with Gasteiger partial charge in [0.2, 0.25) is 0 Å². The molecular weight excluding hydrogens is 252 g/mol. The molecule has 1 aliphatic rings. The standard InChI is InChI=1S/C15H24N4O/c1-4-14-16-10-12(11-17-14)15(20)19-8-5-6-13(7-9-19)18(2)3/h10-11,13H,4-9H2,1-3H3/t13-/m0/s1. The van der Waals surface area contributed by atoms with Crippen molar-refractivity contribution in [2.45, 2.75) is 38.6 Å². The van der Waals surface area contributed by atoms with Gasteiger partial charge in [-0.15, -0.1) is 0 Å². The Bertz CT molecular complexity index is 444. The third-order valence-corrected chi connectivity index (χ3v) is 3.98. The van der Waals surface area contributed by atoms with E-state index in [2.05, 4.69) is 29.0 Å². The van der Waals surface area contributed by atoms with Crippen LogP contribution in [0.1, 0.15) is 42.4 Å². The fourth-order valence-corrected chi connectivity index (χ4v) is 2.63. The monoisotopic (exact) mass is 276 g/mol. The van der Waals surface area contributed by atoms with Crippen molar-refractivity contribution in [3.63, 3.8) is 0 Å². The summed E-state index contributed by atoms with van der Waals surface area (Å²) in [6.45, 7) is 3.66. The van der Waals surface area contributed by atoms with E-state index in [1.165, 1.54) is 0 Å². The molecule has 5 heteroatoms. The zero-order valence-corrected chi connectivity index (χ0v) is 12.7. The molecule has 1 aliphatic heterocycles. The molecule has 1 atom stereocenters. The topological polar surface area (TPSA) is 49.3 Å². The van der Waals surface area contributed by atoms with Crippen LogP contribution in [0.25, 0.3) is 0 Å². The Hall–Kier alpha value is -1.49. The third-order valence-electron chi connectivity index (χ3n) is 3.98. The SMILES string of the molecule is CCc1ncc(C(=O)N2CCC[C@H](N(C)C)CC2)cn1. The maximum absolute atomic E-state index is 12.5. The third kappa shape index (κ3) is 3.54. The van der Waals surface area contributed by atoms with E-state index in [4.69, 9.17) is 0 Å². The van der Waals surface area contributed by atoms with Gasteiger partial charge in [-0.05, 0) is 33.4 Å². The number of aryl methyl sites for hydroxylation is 1. The van der Waals surface area contributed by atoms with Crippen LogP contribution in [0.5, 0.6) is 0 Å². The maximum atomic E-state index is 12.5. The van der Waals surface area contributed by atoms with Crippen LogP contribution in [0.2, 0.25) is 0 Å². The Morgan fingerprint density at radius 3 is 2.60 bits per heavy atom. The fourth-order valence-electron chi connectivity index (χ4n) is 2.63. The Labute approximate surface area is 121 Å². The van der Waals surface area contributed by atoms with E-state index in [9.17, 15) is 4.79 Å². The molecule has 5 nitrogen and oxygen atoms in total. The molecular formula is C15H24N4O. The van der Waals surface area contributed by atoms with Crippen molar-refractivity contribution in [1.29, 1.82) is 0 Å². The molecule has 0 unspecified atom stereocenters. The van der Waals surface area contributed by atoms with E-state index < -0.39 is 0 Å². The van der Waals surface area contributed by atoms with Gasteiger partial charge < -0.3 is 9.80 Å². The van der Waals surface area contributed by atoms with E-state index in [-0.39, 0.29) is 5.91 Å². The van der Waals surface area contributed by atoms with E-state index in [1.54, 1.807) is 12.4 Å². The van der Waals surface area contributed by atoms with E-state index in [0.717, 1.165) is 44.6 Å². The Morgan fingerprint density at radius 2 is 2.00 bits per heavy atom. The lowest BCUT2D eigenvalue weighted by molar-refractivity contribution is 0.0757. The predicted molar refractivity (Wildman–Crippen MR) is 78.6 cm³/mol. The summed E-state index contributed by atoms with van der Waals surface area (Å²) in [7, 11) is 4.22. The molecule has 1 fully saturated rings. The van der Waals surface area contributed by atoms with Gasteiger partial charge in [-0.2, -0.15) is 0 Å². The van der Waals surface area contributed by atoms with Gasteiger partial charge in [0, 0.05) is 37.9 Å². The maximum Gasteiger partial charge on any atom is 0.256 e. The minimum Gasteiger partial charge on any atom is -0.338 e. The Morgan fingerprint density at radius 1 is 1.30 bits per heavy atom. The van der Waals surface area contributed by atoms with Crippen LogP contribution in [0.15, 0.2) is 12.4 Å². The smallest absolute Gasteiger partial charge is 0.256 e. The van der Waals surface area contributed by atoms with Crippen LogP contribution >= 0.6 is 0 Å². The van der Waals surface area contributed by atoms with Crippen molar-refractivity contribution in [1.82, 2.24) is 19.8 Å². The molecule has 1 aromatic heterocycles. The molecule has 1 saturated heterocycles. The van der Waals surface area contributed by atoms with E-state index >= 15 is 0 Å². The summed E-state index contributed by atoms with van der Waals surface area (Å²) >= 11 is 0. The van der Waals surface area contributed by atoms with Crippen LogP contribution in [-0.2, 0) is 6.42 Å². The second-order valence-electron chi connectivity index (χ2n) is 5.58. The van der Waals surface area contributed by atoms with Crippen molar-refractivity contribution in [3.05, 3.63) is 23.8 Å². The average Bonchev–Trinajstić information content (AvgIpc) is 2.72. The van der Waals surface area contributed by atoms with Crippen LogP contribution < -0.4 is 0 Å². The number of amides is 1. The summed E-state index contributed by atoms with van der Waals surface area (Å²) in [6.07, 6.45) is 7.35. The second-order valence-corrected chi connectivity index (χ2v) is 5.58. The molecule has 2 heterocycles. The lowest BCUT2D eigenvalue weighted by atomic mass is 10.1. The predicted octanol–water partition coefficient (Wildman–Crippen LogP) is 1.60. The number of hydrogen-bond donors (Lipinski definition) is 0. The number of hydrogen-bond acceptors (Lipinski definition) is 4. The Balaban J connectivity index is 2.01. The van der Waals surface area contributed by atoms with Gasteiger partial charge in [-0.25, -0.2) is 9.97 Å². The largest absolute Gasteiger partial charge is 0.338 e. The van der Waals surface area contributed by atoms with Crippen LogP contribution in [0, 0.1) is 0 Å². The first-order valence-corrected chi connectivity index (χ1v) is 7.38.